The predicted molar refractivity (Wildman–Crippen MR) is 89.4 cm³/mol. The fraction of sp³-hybridized carbons (Fsp3) is 0.588. The molecule has 1 N–H and O–H groups in total. The van der Waals surface area contributed by atoms with Gasteiger partial charge in [-0.05, 0) is 38.8 Å². The van der Waals surface area contributed by atoms with E-state index in [0.717, 1.165) is 12.8 Å². The van der Waals surface area contributed by atoms with Crippen molar-refractivity contribution >= 4 is 17.1 Å². The minimum absolute atomic E-state index is 0.00237. The molecular formula is C17H24N4O2. The van der Waals surface area contributed by atoms with E-state index in [9.17, 15) is 9.59 Å². The van der Waals surface area contributed by atoms with E-state index < -0.39 is 0 Å². The van der Waals surface area contributed by atoms with Crippen molar-refractivity contribution in [3.05, 3.63) is 28.8 Å². The third-order valence-corrected chi connectivity index (χ3v) is 4.51. The Kier molecular flexibility index (Phi) is 4.50. The van der Waals surface area contributed by atoms with E-state index in [4.69, 9.17) is 0 Å². The van der Waals surface area contributed by atoms with Gasteiger partial charge in [0.05, 0.1) is 5.52 Å². The van der Waals surface area contributed by atoms with Gasteiger partial charge in [-0.1, -0.05) is 19.3 Å². The standard InChI is InChI=1S/C17H24N4O2/c1-12(2)21-16-14(9-6-10-18-16)20(17(21)23)11-15(22)19-13-7-4-3-5-8-13/h6,9-10,12-13H,3-5,7-8,11H2,1-2H3,(H,19,22). The fourth-order valence-corrected chi connectivity index (χ4v) is 3.39. The van der Waals surface area contributed by atoms with Crippen LogP contribution in [0.2, 0.25) is 0 Å². The Balaban J connectivity index is 1.86. The molecule has 0 bridgehead atoms. The Morgan fingerprint density at radius 3 is 2.78 bits per heavy atom. The summed E-state index contributed by atoms with van der Waals surface area (Å²) in [6.07, 6.45) is 7.33. The lowest BCUT2D eigenvalue weighted by molar-refractivity contribution is -0.122. The van der Waals surface area contributed by atoms with Gasteiger partial charge >= 0.3 is 5.69 Å². The summed E-state index contributed by atoms with van der Waals surface area (Å²) < 4.78 is 3.17. The lowest BCUT2D eigenvalue weighted by Gasteiger charge is -2.22. The van der Waals surface area contributed by atoms with Crippen LogP contribution in [0.5, 0.6) is 0 Å². The first-order chi connectivity index (χ1) is 11.1. The molecule has 6 heteroatoms. The average Bonchev–Trinajstić information content (AvgIpc) is 2.81. The van der Waals surface area contributed by atoms with Crippen LogP contribution < -0.4 is 11.0 Å². The molecule has 1 aliphatic rings. The maximum Gasteiger partial charge on any atom is 0.331 e. The first-order valence-electron chi connectivity index (χ1n) is 8.43. The number of hydrogen-bond acceptors (Lipinski definition) is 3. The molecular weight excluding hydrogens is 292 g/mol. The molecule has 2 aromatic heterocycles. The highest BCUT2D eigenvalue weighted by Gasteiger charge is 2.20. The summed E-state index contributed by atoms with van der Waals surface area (Å²) in [4.78, 5) is 29.3. The largest absolute Gasteiger partial charge is 0.352 e. The van der Waals surface area contributed by atoms with Gasteiger partial charge in [-0.3, -0.25) is 13.9 Å². The van der Waals surface area contributed by atoms with Crippen LogP contribution in [0, 0.1) is 0 Å². The van der Waals surface area contributed by atoms with Gasteiger partial charge in [-0.15, -0.1) is 0 Å². The molecule has 6 nitrogen and oxygen atoms in total. The Labute approximate surface area is 135 Å². The second kappa shape index (κ2) is 6.56. The van der Waals surface area contributed by atoms with Gasteiger partial charge < -0.3 is 5.32 Å². The summed E-state index contributed by atoms with van der Waals surface area (Å²) in [5.41, 5.74) is 1.18. The molecule has 23 heavy (non-hydrogen) atoms. The van der Waals surface area contributed by atoms with Crippen molar-refractivity contribution in [2.24, 2.45) is 0 Å². The van der Waals surface area contributed by atoms with Crippen LogP contribution in [-0.4, -0.2) is 26.1 Å². The van der Waals surface area contributed by atoms with Crippen LogP contribution in [-0.2, 0) is 11.3 Å². The highest BCUT2D eigenvalue weighted by atomic mass is 16.2. The van der Waals surface area contributed by atoms with Crippen molar-refractivity contribution in [2.45, 2.75) is 64.6 Å². The zero-order valence-corrected chi connectivity index (χ0v) is 13.8. The molecule has 124 valence electrons. The number of nitrogens with zero attached hydrogens (tertiary/aromatic N) is 3. The number of nitrogens with one attached hydrogen (secondary N) is 1. The van der Waals surface area contributed by atoms with Crippen LogP contribution in [0.4, 0.5) is 0 Å². The maximum absolute atomic E-state index is 12.7. The van der Waals surface area contributed by atoms with Gasteiger partial charge in [0.15, 0.2) is 5.65 Å². The number of aromatic nitrogens is 3. The maximum atomic E-state index is 12.7. The Bertz CT molecular complexity index is 754. The van der Waals surface area contributed by atoms with Crippen LogP contribution in [0.15, 0.2) is 23.1 Å². The van der Waals surface area contributed by atoms with Crippen molar-refractivity contribution in [1.29, 1.82) is 0 Å². The van der Waals surface area contributed by atoms with Crippen molar-refractivity contribution in [1.82, 2.24) is 19.4 Å². The van der Waals surface area contributed by atoms with Gasteiger partial charge in [-0.2, -0.15) is 0 Å². The number of pyridine rings is 1. The number of imidazole rings is 1. The van der Waals surface area contributed by atoms with Gasteiger partial charge in [-0.25, -0.2) is 9.78 Å². The number of rotatable bonds is 4. The number of carbonyl (C=O) groups excluding carboxylic acids is 1. The molecule has 1 amide bonds. The average molecular weight is 316 g/mol. The second-order valence-electron chi connectivity index (χ2n) is 6.58. The summed E-state index contributed by atoms with van der Waals surface area (Å²) in [5, 5.41) is 3.07. The Morgan fingerprint density at radius 2 is 2.09 bits per heavy atom. The summed E-state index contributed by atoms with van der Waals surface area (Å²) >= 11 is 0. The van der Waals surface area contributed by atoms with Crippen LogP contribution in [0.1, 0.15) is 52.0 Å². The highest BCUT2D eigenvalue weighted by Crippen LogP contribution is 2.18. The van der Waals surface area contributed by atoms with Gasteiger partial charge in [0, 0.05) is 18.3 Å². The Morgan fingerprint density at radius 1 is 1.35 bits per heavy atom. The molecule has 1 aliphatic carbocycles. The third kappa shape index (κ3) is 3.16. The highest BCUT2D eigenvalue weighted by molar-refractivity contribution is 5.79. The van der Waals surface area contributed by atoms with Crippen LogP contribution in [0.3, 0.4) is 0 Å². The monoisotopic (exact) mass is 316 g/mol. The quantitative estimate of drug-likeness (QED) is 0.940. The van der Waals surface area contributed by atoms with E-state index in [1.165, 1.54) is 23.8 Å². The zero-order chi connectivity index (χ0) is 16.4. The molecule has 0 aromatic carbocycles. The minimum Gasteiger partial charge on any atom is -0.352 e. The van der Waals surface area contributed by atoms with E-state index in [0.29, 0.717) is 11.2 Å². The van der Waals surface area contributed by atoms with E-state index in [1.807, 2.05) is 19.9 Å². The number of hydrogen-bond donors (Lipinski definition) is 1. The normalized spacial score (nSPS) is 16.1. The molecule has 0 unspecified atom stereocenters. The second-order valence-corrected chi connectivity index (χ2v) is 6.58. The molecule has 0 aliphatic heterocycles. The first-order valence-corrected chi connectivity index (χ1v) is 8.43. The molecule has 0 atom stereocenters. The number of carbonyl (C=O) groups is 1. The fourth-order valence-electron chi connectivity index (χ4n) is 3.39. The Hall–Kier alpha value is -2.11. The van der Waals surface area contributed by atoms with Gasteiger partial charge in [0.1, 0.15) is 6.54 Å². The minimum atomic E-state index is -0.174. The summed E-state index contributed by atoms with van der Waals surface area (Å²) in [6, 6.07) is 3.89. The molecule has 0 saturated heterocycles. The summed E-state index contributed by atoms with van der Waals surface area (Å²) in [7, 11) is 0. The van der Waals surface area contributed by atoms with Crippen molar-refractivity contribution < 1.29 is 4.79 Å². The van der Waals surface area contributed by atoms with Crippen molar-refractivity contribution in [3.8, 4) is 0 Å². The van der Waals surface area contributed by atoms with E-state index in [1.54, 1.807) is 16.8 Å². The molecule has 1 saturated carbocycles. The molecule has 3 rings (SSSR count). The zero-order valence-electron chi connectivity index (χ0n) is 13.8. The smallest absolute Gasteiger partial charge is 0.331 e. The molecule has 0 spiro atoms. The SMILES string of the molecule is CC(C)n1c(=O)n(CC(=O)NC2CCCCC2)c2cccnc21. The lowest BCUT2D eigenvalue weighted by atomic mass is 9.95. The molecule has 2 heterocycles. The predicted octanol–water partition coefficient (Wildman–Crippen LogP) is 2.23. The van der Waals surface area contributed by atoms with Crippen molar-refractivity contribution in [3.63, 3.8) is 0 Å². The molecule has 2 aromatic rings. The summed E-state index contributed by atoms with van der Waals surface area (Å²) in [6.45, 7) is 3.95. The molecule has 1 fully saturated rings. The first kappa shape index (κ1) is 15.8. The van der Waals surface area contributed by atoms with E-state index in [2.05, 4.69) is 10.3 Å². The lowest BCUT2D eigenvalue weighted by Crippen LogP contribution is -2.40. The van der Waals surface area contributed by atoms with E-state index >= 15 is 0 Å². The topological polar surface area (TPSA) is 68.9 Å². The van der Waals surface area contributed by atoms with E-state index in [-0.39, 0.29) is 30.2 Å². The number of fused-ring (bicyclic) bond motifs is 1. The van der Waals surface area contributed by atoms with Gasteiger partial charge in [0.2, 0.25) is 5.91 Å². The van der Waals surface area contributed by atoms with Gasteiger partial charge in [0.25, 0.3) is 0 Å². The van der Waals surface area contributed by atoms with Crippen LogP contribution in [0.25, 0.3) is 11.2 Å². The van der Waals surface area contributed by atoms with Crippen LogP contribution >= 0.6 is 0 Å². The molecule has 0 radical (unpaired) electrons. The summed E-state index contributed by atoms with van der Waals surface area (Å²) in [5.74, 6) is -0.0920. The third-order valence-electron chi connectivity index (χ3n) is 4.51. The van der Waals surface area contributed by atoms with Crippen molar-refractivity contribution in [2.75, 3.05) is 0 Å². The number of amides is 1.